The maximum absolute atomic E-state index is 12.6. The predicted molar refractivity (Wildman–Crippen MR) is 70.8 cm³/mol. The summed E-state index contributed by atoms with van der Waals surface area (Å²) in [4.78, 5) is 4.12. The summed E-state index contributed by atoms with van der Waals surface area (Å²) >= 11 is 0. The summed E-state index contributed by atoms with van der Waals surface area (Å²) in [6, 6.07) is 3.69. The van der Waals surface area contributed by atoms with Crippen LogP contribution in [-0.4, -0.2) is 23.8 Å². The highest BCUT2D eigenvalue weighted by atomic mass is 19.4. The molecule has 0 saturated heterocycles. The van der Waals surface area contributed by atoms with Gasteiger partial charge in [-0.15, -0.1) is 0 Å². The normalized spacial score (nSPS) is 23.4. The number of hydrogen-bond donors (Lipinski definition) is 1. The molecule has 0 spiro atoms. The molecule has 20 heavy (non-hydrogen) atoms. The van der Waals surface area contributed by atoms with E-state index < -0.39 is 12.1 Å². The maximum Gasteiger partial charge on any atom is 0.391 e. The Morgan fingerprint density at radius 2 is 1.95 bits per heavy atom. The highest BCUT2D eigenvalue weighted by Crippen LogP contribution is 2.38. The van der Waals surface area contributed by atoms with Gasteiger partial charge in [0.1, 0.15) is 0 Å². The van der Waals surface area contributed by atoms with Gasteiger partial charge < -0.3 is 10.1 Å². The number of alkyl halides is 3. The van der Waals surface area contributed by atoms with Crippen molar-refractivity contribution in [2.24, 2.45) is 5.92 Å². The monoisotopic (exact) mass is 288 g/mol. The largest absolute Gasteiger partial charge is 0.478 e. The van der Waals surface area contributed by atoms with Crippen molar-refractivity contribution >= 4 is 5.69 Å². The van der Waals surface area contributed by atoms with E-state index in [1.807, 2.05) is 13.0 Å². The number of anilines is 1. The fourth-order valence-corrected chi connectivity index (χ4v) is 2.50. The van der Waals surface area contributed by atoms with Crippen LogP contribution in [0.4, 0.5) is 18.9 Å². The molecule has 2 rings (SSSR count). The van der Waals surface area contributed by atoms with Gasteiger partial charge in [0.2, 0.25) is 5.88 Å². The molecule has 0 atom stereocenters. The lowest BCUT2D eigenvalue weighted by Crippen LogP contribution is -2.32. The summed E-state index contributed by atoms with van der Waals surface area (Å²) in [5, 5.41) is 3.24. The molecule has 0 aromatic carbocycles. The lowest BCUT2D eigenvalue weighted by Gasteiger charge is -2.30. The number of nitrogens with zero attached hydrogens (tertiary/aromatic N) is 1. The van der Waals surface area contributed by atoms with E-state index in [0.29, 0.717) is 25.3 Å². The first-order valence-corrected chi connectivity index (χ1v) is 6.91. The van der Waals surface area contributed by atoms with Gasteiger partial charge in [-0.25, -0.2) is 4.98 Å². The standard InChI is InChI=1S/C14H19F3N2O/c1-2-20-13-8-7-12(9-18-13)19-11-5-3-10(4-6-11)14(15,16)17/h7-11,19H,2-6H2,1H3. The molecule has 1 fully saturated rings. The van der Waals surface area contributed by atoms with Gasteiger partial charge in [-0.1, -0.05) is 0 Å². The fourth-order valence-electron chi connectivity index (χ4n) is 2.50. The van der Waals surface area contributed by atoms with Crippen LogP contribution in [0.15, 0.2) is 18.3 Å². The van der Waals surface area contributed by atoms with Gasteiger partial charge in [0, 0.05) is 12.1 Å². The van der Waals surface area contributed by atoms with E-state index in [1.54, 1.807) is 12.3 Å². The fraction of sp³-hybridized carbons (Fsp3) is 0.643. The predicted octanol–water partition coefficient (Wildman–Crippen LogP) is 4.01. The number of aromatic nitrogens is 1. The van der Waals surface area contributed by atoms with Gasteiger partial charge in [-0.05, 0) is 38.7 Å². The minimum Gasteiger partial charge on any atom is -0.478 e. The molecule has 1 aromatic heterocycles. The number of ether oxygens (including phenoxy) is 1. The number of pyridine rings is 1. The molecule has 1 aliphatic carbocycles. The first kappa shape index (κ1) is 14.9. The van der Waals surface area contributed by atoms with Crippen LogP contribution in [0.25, 0.3) is 0 Å². The van der Waals surface area contributed by atoms with Crippen LogP contribution in [0, 0.1) is 5.92 Å². The summed E-state index contributed by atoms with van der Waals surface area (Å²) < 4.78 is 42.9. The maximum atomic E-state index is 12.6. The molecule has 6 heteroatoms. The van der Waals surface area contributed by atoms with E-state index >= 15 is 0 Å². The van der Waals surface area contributed by atoms with Gasteiger partial charge in [0.25, 0.3) is 0 Å². The molecule has 1 aromatic rings. The Kier molecular flexibility index (Phi) is 4.73. The lowest BCUT2D eigenvalue weighted by atomic mass is 9.85. The van der Waals surface area contributed by atoms with E-state index in [0.717, 1.165) is 5.69 Å². The van der Waals surface area contributed by atoms with Crippen molar-refractivity contribution in [3.63, 3.8) is 0 Å². The molecule has 0 radical (unpaired) electrons. The zero-order valence-corrected chi connectivity index (χ0v) is 11.4. The highest BCUT2D eigenvalue weighted by Gasteiger charge is 2.41. The van der Waals surface area contributed by atoms with Gasteiger partial charge in [-0.3, -0.25) is 0 Å². The van der Waals surface area contributed by atoms with Gasteiger partial charge in [-0.2, -0.15) is 13.2 Å². The van der Waals surface area contributed by atoms with E-state index in [1.165, 1.54) is 0 Å². The minimum atomic E-state index is -4.05. The third-order valence-corrected chi connectivity index (χ3v) is 3.59. The Balaban J connectivity index is 1.83. The molecule has 0 aliphatic heterocycles. The van der Waals surface area contributed by atoms with Crippen LogP contribution in [0.3, 0.4) is 0 Å². The minimum absolute atomic E-state index is 0.0911. The average molecular weight is 288 g/mol. The van der Waals surface area contributed by atoms with Gasteiger partial charge in [0.05, 0.1) is 24.4 Å². The Morgan fingerprint density at radius 1 is 1.25 bits per heavy atom. The molecule has 1 heterocycles. The zero-order valence-electron chi connectivity index (χ0n) is 11.4. The van der Waals surface area contributed by atoms with Gasteiger partial charge in [0.15, 0.2) is 0 Å². The van der Waals surface area contributed by atoms with E-state index in [-0.39, 0.29) is 18.9 Å². The molecule has 3 nitrogen and oxygen atoms in total. The van der Waals surface area contributed by atoms with E-state index in [2.05, 4.69) is 10.3 Å². The summed E-state index contributed by atoms with van der Waals surface area (Å²) in [7, 11) is 0. The molecule has 1 saturated carbocycles. The second-order valence-corrected chi connectivity index (χ2v) is 5.05. The molecule has 1 N–H and O–H groups in total. The van der Waals surface area contributed by atoms with Crippen LogP contribution in [-0.2, 0) is 0 Å². The third kappa shape index (κ3) is 4.02. The first-order valence-electron chi connectivity index (χ1n) is 6.91. The lowest BCUT2D eigenvalue weighted by molar-refractivity contribution is -0.182. The first-order chi connectivity index (χ1) is 9.49. The smallest absolute Gasteiger partial charge is 0.391 e. The van der Waals surface area contributed by atoms with E-state index in [9.17, 15) is 13.2 Å². The number of hydrogen-bond acceptors (Lipinski definition) is 3. The second kappa shape index (κ2) is 6.33. The zero-order chi connectivity index (χ0) is 14.6. The molecule has 112 valence electrons. The van der Waals surface area contributed by atoms with Crippen molar-refractivity contribution in [2.45, 2.75) is 44.8 Å². The highest BCUT2D eigenvalue weighted by molar-refractivity contribution is 5.43. The SMILES string of the molecule is CCOc1ccc(NC2CCC(C(F)(F)F)CC2)cn1. The molecule has 1 aliphatic rings. The van der Waals surface area contributed by atoms with Crippen molar-refractivity contribution in [3.05, 3.63) is 18.3 Å². The number of rotatable bonds is 4. The summed E-state index contributed by atoms with van der Waals surface area (Å²) in [6.07, 6.45) is -0.918. The molecular weight excluding hydrogens is 269 g/mol. The average Bonchev–Trinajstić information content (AvgIpc) is 2.41. The second-order valence-electron chi connectivity index (χ2n) is 5.05. The number of nitrogens with one attached hydrogen (secondary N) is 1. The van der Waals surface area contributed by atoms with Crippen LogP contribution in [0.2, 0.25) is 0 Å². The Bertz CT molecular complexity index is 411. The van der Waals surface area contributed by atoms with Crippen molar-refractivity contribution in [2.75, 3.05) is 11.9 Å². The Hall–Kier alpha value is -1.46. The van der Waals surface area contributed by atoms with Crippen molar-refractivity contribution in [1.29, 1.82) is 0 Å². The summed E-state index contributed by atoms with van der Waals surface area (Å²) in [5.41, 5.74) is 0.823. The number of halogens is 3. The molecule has 0 unspecified atom stereocenters. The van der Waals surface area contributed by atoms with E-state index in [4.69, 9.17) is 4.74 Å². The van der Waals surface area contributed by atoms with Gasteiger partial charge >= 0.3 is 6.18 Å². The molecule has 0 amide bonds. The van der Waals surface area contributed by atoms with Crippen LogP contribution in [0.5, 0.6) is 5.88 Å². The van der Waals surface area contributed by atoms with Crippen molar-refractivity contribution in [1.82, 2.24) is 4.98 Å². The topological polar surface area (TPSA) is 34.1 Å². The molecular formula is C14H19F3N2O. The van der Waals surface area contributed by atoms with Crippen molar-refractivity contribution < 1.29 is 17.9 Å². The third-order valence-electron chi connectivity index (χ3n) is 3.59. The van der Waals surface area contributed by atoms with Crippen LogP contribution >= 0.6 is 0 Å². The Morgan fingerprint density at radius 3 is 2.45 bits per heavy atom. The quantitative estimate of drug-likeness (QED) is 0.909. The Labute approximate surface area is 116 Å². The summed E-state index contributed by atoms with van der Waals surface area (Å²) in [5.74, 6) is -0.585. The summed E-state index contributed by atoms with van der Waals surface area (Å²) in [6.45, 7) is 2.44. The van der Waals surface area contributed by atoms with Crippen molar-refractivity contribution in [3.8, 4) is 5.88 Å². The van der Waals surface area contributed by atoms with Crippen LogP contribution in [0.1, 0.15) is 32.6 Å². The van der Waals surface area contributed by atoms with Crippen LogP contribution < -0.4 is 10.1 Å². The molecule has 0 bridgehead atoms.